The van der Waals surface area contributed by atoms with E-state index >= 15 is 0 Å². The highest BCUT2D eigenvalue weighted by molar-refractivity contribution is 8.01. The van der Waals surface area contributed by atoms with Crippen LogP contribution >= 0.6 is 11.8 Å². The van der Waals surface area contributed by atoms with Gasteiger partial charge in [0.25, 0.3) is 0 Å². The zero-order chi connectivity index (χ0) is 15.5. The quantitative estimate of drug-likeness (QED) is 0.767. The average molecular weight is 330 g/mol. The van der Waals surface area contributed by atoms with Crippen molar-refractivity contribution in [3.63, 3.8) is 0 Å². The van der Waals surface area contributed by atoms with Gasteiger partial charge in [0.1, 0.15) is 11.2 Å². The summed E-state index contributed by atoms with van der Waals surface area (Å²) in [7, 11) is -1.90. The van der Waals surface area contributed by atoms with Crippen molar-refractivity contribution in [2.45, 2.75) is 12.3 Å². The molecular weight excluding hydrogens is 312 g/mol. The third kappa shape index (κ3) is 3.49. The van der Waals surface area contributed by atoms with Gasteiger partial charge in [0, 0.05) is 30.0 Å². The molecule has 2 rings (SSSR count). The normalized spacial score (nSPS) is 19.3. The summed E-state index contributed by atoms with van der Waals surface area (Å²) in [6.45, 7) is 2.23. The molecular formula is C13H18N2O4S2. The third-order valence-corrected chi connectivity index (χ3v) is 6.65. The molecule has 0 aliphatic carbocycles. The topological polar surface area (TPSA) is 76.6 Å². The molecule has 0 amide bonds. The number of aromatic nitrogens is 1. The number of esters is 1. The second kappa shape index (κ2) is 6.65. The summed E-state index contributed by atoms with van der Waals surface area (Å²) in [5.74, 6) is 1.48. The number of pyridine rings is 1. The van der Waals surface area contributed by atoms with Gasteiger partial charge < -0.3 is 9.64 Å². The fraction of sp³-hybridized carbons (Fsp3) is 0.538. The average Bonchev–Trinajstić information content (AvgIpc) is 2.54. The molecule has 0 N–H and O–H groups in total. The number of thioether (sulfide) groups is 1. The Hall–Kier alpha value is -1.28. The molecule has 1 aromatic rings. The van der Waals surface area contributed by atoms with Crippen molar-refractivity contribution >= 4 is 33.4 Å². The van der Waals surface area contributed by atoms with E-state index in [2.05, 4.69) is 9.72 Å². The van der Waals surface area contributed by atoms with Gasteiger partial charge in [0.05, 0.1) is 12.7 Å². The molecule has 1 aromatic heterocycles. The Balaban J connectivity index is 2.36. The Kier molecular flexibility index (Phi) is 5.10. The van der Waals surface area contributed by atoms with Crippen LogP contribution in [-0.4, -0.2) is 55.7 Å². The van der Waals surface area contributed by atoms with Crippen LogP contribution in [-0.2, 0) is 14.6 Å². The summed E-state index contributed by atoms with van der Waals surface area (Å²) >= 11 is 1.62. The van der Waals surface area contributed by atoms with Crippen molar-refractivity contribution in [2.24, 2.45) is 0 Å². The number of anilines is 1. The van der Waals surface area contributed by atoms with Gasteiger partial charge in [-0.05, 0) is 12.1 Å². The van der Waals surface area contributed by atoms with Gasteiger partial charge in [0.15, 0.2) is 9.84 Å². The lowest BCUT2D eigenvalue weighted by atomic mass is 10.2. The summed E-state index contributed by atoms with van der Waals surface area (Å²) < 4.78 is 29.2. The summed E-state index contributed by atoms with van der Waals surface area (Å²) in [6, 6.07) is 3.14. The first-order valence-electron chi connectivity index (χ1n) is 6.60. The minimum absolute atomic E-state index is 0.0887. The van der Waals surface area contributed by atoms with E-state index in [-0.39, 0.29) is 5.75 Å². The molecule has 1 saturated heterocycles. The van der Waals surface area contributed by atoms with Crippen molar-refractivity contribution in [3.8, 4) is 0 Å². The molecule has 1 aliphatic rings. The number of nitrogens with zero attached hydrogens (tertiary/aromatic N) is 2. The Morgan fingerprint density at radius 3 is 3.00 bits per heavy atom. The zero-order valence-corrected chi connectivity index (χ0v) is 13.6. The maximum Gasteiger partial charge on any atom is 0.338 e. The molecule has 2 heterocycles. The van der Waals surface area contributed by atoms with Crippen LogP contribution in [0.1, 0.15) is 17.3 Å². The first-order chi connectivity index (χ1) is 9.99. The zero-order valence-electron chi connectivity index (χ0n) is 12.0. The van der Waals surface area contributed by atoms with Crippen molar-refractivity contribution in [2.75, 3.05) is 35.8 Å². The minimum atomic E-state index is -3.21. The number of carbonyl (C=O) groups excluding carboxylic acids is 1. The van der Waals surface area contributed by atoms with Gasteiger partial charge in [-0.25, -0.2) is 18.2 Å². The van der Waals surface area contributed by atoms with Crippen molar-refractivity contribution in [3.05, 3.63) is 23.9 Å². The van der Waals surface area contributed by atoms with E-state index in [1.54, 1.807) is 35.7 Å². The van der Waals surface area contributed by atoms with E-state index in [4.69, 9.17) is 0 Å². The number of sulfone groups is 1. The Bertz CT molecular complexity index is 618. The van der Waals surface area contributed by atoms with E-state index < -0.39 is 21.2 Å². The number of rotatable bonds is 4. The molecule has 0 aromatic carbocycles. The van der Waals surface area contributed by atoms with Crippen LogP contribution in [0.2, 0.25) is 0 Å². The van der Waals surface area contributed by atoms with Crippen LogP contribution in [0.5, 0.6) is 0 Å². The maximum absolute atomic E-state index is 12.2. The highest BCUT2D eigenvalue weighted by Gasteiger charge is 2.33. The van der Waals surface area contributed by atoms with Crippen LogP contribution < -0.4 is 4.90 Å². The lowest BCUT2D eigenvalue weighted by molar-refractivity contribution is 0.0600. The molecule has 0 radical (unpaired) electrons. The Labute approximate surface area is 128 Å². The fourth-order valence-corrected chi connectivity index (χ4v) is 5.13. The summed E-state index contributed by atoms with van der Waals surface area (Å²) in [5, 5.41) is -0.596. The van der Waals surface area contributed by atoms with E-state index in [9.17, 15) is 13.2 Å². The first kappa shape index (κ1) is 16.1. The van der Waals surface area contributed by atoms with Crippen molar-refractivity contribution in [1.29, 1.82) is 0 Å². The predicted octanol–water partition coefficient (Wildman–Crippen LogP) is 1.18. The highest BCUT2D eigenvalue weighted by atomic mass is 32.2. The molecule has 6 nitrogen and oxygen atoms in total. The second-order valence-electron chi connectivity index (χ2n) is 4.57. The second-order valence-corrected chi connectivity index (χ2v) is 8.17. The number of hydrogen-bond acceptors (Lipinski definition) is 7. The molecule has 0 spiro atoms. The third-order valence-electron chi connectivity index (χ3n) is 3.36. The standard InChI is InChI=1S/C13H18N2O4S2/c1-3-21(17,18)12-9-20-7-6-15(12)11-8-10(4-5-14-11)13(16)19-2/h4-5,8,12H,3,6-7,9H2,1-2H3. The van der Waals surface area contributed by atoms with E-state index in [0.29, 0.717) is 23.7 Å². The van der Waals surface area contributed by atoms with Crippen LogP contribution in [0, 0.1) is 0 Å². The SMILES string of the molecule is CCS(=O)(=O)C1CSCCN1c1cc(C(=O)OC)ccn1. The predicted molar refractivity (Wildman–Crippen MR) is 83.5 cm³/mol. The molecule has 8 heteroatoms. The molecule has 1 unspecified atom stereocenters. The van der Waals surface area contributed by atoms with Gasteiger partial charge in [-0.15, -0.1) is 0 Å². The molecule has 1 atom stereocenters. The number of ether oxygens (including phenoxy) is 1. The number of carbonyl (C=O) groups is 1. The van der Waals surface area contributed by atoms with E-state index in [0.717, 1.165) is 5.75 Å². The lowest BCUT2D eigenvalue weighted by Crippen LogP contribution is -2.48. The van der Waals surface area contributed by atoms with Gasteiger partial charge in [-0.1, -0.05) is 6.92 Å². The maximum atomic E-state index is 12.2. The summed E-state index contributed by atoms with van der Waals surface area (Å²) in [5.41, 5.74) is 0.369. The Morgan fingerprint density at radius 1 is 1.57 bits per heavy atom. The minimum Gasteiger partial charge on any atom is -0.465 e. The number of hydrogen-bond donors (Lipinski definition) is 0. The van der Waals surface area contributed by atoms with Crippen molar-refractivity contribution in [1.82, 2.24) is 4.98 Å². The van der Waals surface area contributed by atoms with Crippen LogP contribution in [0.25, 0.3) is 0 Å². The molecule has 0 bridgehead atoms. The van der Waals surface area contributed by atoms with E-state index in [1.807, 2.05) is 0 Å². The van der Waals surface area contributed by atoms with Crippen LogP contribution in [0.4, 0.5) is 5.82 Å². The smallest absolute Gasteiger partial charge is 0.338 e. The van der Waals surface area contributed by atoms with Crippen LogP contribution in [0.3, 0.4) is 0 Å². The highest BCUT2D eigenvalue weighted by Crippen LogP contribution is 2.26. The molecule has 116 valence electrons. The molecule has 1 fully saturated rings. The van der Waals surface area contributed by atoms with Gasteiger partial charge in [-0.2, -0.15) is 11.8 Å². The van der Waals surface area contributed by atoms with Gasteiger partial charge in [0.2, 0.25) is 0 Å². The lowest BCUT2D eigenvalue weighted by Gasteiger charge is -2.35. The summed E-state index contributed by atoms with van der Waals surface area (Å²) in [6.07, 6.45) is 1.50. The largest absolute Gasteiger partial charge is 0.465 e. The fourth-order valence-electron chi connectivity index (χ4n) is 2.15. The first-order valence-corrected chi connectivity index (χ1v) is 9.47. The Morgan fingerprint density at radius 2 is 2.33 bits per heavy atom. The van der Waals surface area contributed by atoms with Gasteiger partial charge in [-0.3, -0.25) is 0 Å². The van der Waals surface area contributed by atoms with Crippen molar-refractivity contribution < 1.29 is 17.9 Å². The van der Waals surface area contributed by atoms with Gasteiger partial charge >= 0.3 is 5.97 Å². The number of methoxy groups -OCH3 is 1. The molecule has 0 saturated carbocycles. The van der Waals surface area contributed by atoms with Crippen LogP contribution in [0.15, 0.2) is 18.3 Å². The monoisotopic (exact) mass is 330 g/mol. The van der Waals surface area contributed by atoms with E-state index in [1.165, 1.54) is 13.3 Å². The summed E-state index contributed by atoms with van der Waals surface area (Å²) in [4.78, 5) is 17.6. The molecule has 21 heavy (non-hydrogen) atoms. The molecule has 1 aliphatic heterocycles.